The van der Waals surface area contributed by atoms with Gasteiger partial charge in [0.15, 0.2) is 0 Å². The molecular formula is C11H12BrNS. The summed E-state index contributed by atoms with van der Waals surface area (Å²) in [6.45, 7) is 0.772. The van der Waals surface area contributed by atoms with Gasteiger partial charge in [-0.25, -0.2) is 0 Å². The standard InChI is InChI=1S/C11H12BrNS/c12-9-3-4-10-8(2-1-5-13)7-14-11(10)6-9/h3-4,6-7H,1-2,5,13H2. The molecule has 0 aliphatic rings. The van der Waals surface area contributed by atoms with Crippen molar-refractivity contribution < 1.29 is 0 Å². The molecule has 0 bridgehead atoms. The number of hydrogen-bond acceptors (Lipinski definition) is 2. The minimum Gasteiger partial charge on any atom is -0.330 e. The molecule has 1 heterocycles. The van der Waals surface area contributed by atoms with Crippen molar-refractivity contribution in [2.45, 2.75) is 12.8 Å². The Morgan fingerprint density at radius 1 is 1.36 bits per heavy atom. The molecule has 3 heteroatoms. The molecule has 14 heavy (non-hydrogen) atoms. The fourth-order valence-electron chi connectivity index (χ4n) is 1.54. The highest BCUT2D eigenvalue weighted by atomic mass is 79.9. The SMILES string of the molecule is NCCCc1csc2cc(Br)ccc12. The van der Waals surface area contributed by atoms with Crippen LogP contribution in [0.2, 0.25) is 0 Å². The van der Waals surface area contributed by atoms with Crippen molar-refractivity contribution in [2.24, 2.45) is 5.73 Å². The van der Waals surface area contributed by atoms with E-state index >= 15 is 0 Å². The third kappa shape index (κ3) is 2.00. The van der Waals surface area contributed by atoms with E-state index in [4.69, 9.17) is 5.73 Å². The average molecular weight is 270 g/mol. The second-order valence-electron chi connectivity index (χ2n) is 3.29. The van der Waals surface area contributed by atoms with Crippen LogP contribution in [-0.2, 0) is 6.42 Å². The lowest BCUT2D eigenvalue weighted by molar-refractivity contribution is 0.839. The van der Waals surface area contributed by atoms with Gasteiger partial charge in [-0.05, 0) is 47.8 Å². The first-order chi connectivity index (χ1) is 6.81. The van der Waals surface area contributed by atoms with E-state index < -0.39 is 0 Å². The van der Waals surface area contributed by atoms with Crippen LogP contribution in [0.15, 0.2) is 28.1 Å². The van der Waals surface area contributed by atoms with Crippen molar-refractivity contribution in [3.8, 4) is 0 Å². The first-order valence-electron chi connectivity index (χ1n) is 4.67. The van der Waals surface area contributed by atoms with Crippen LogP contribution in [0.1, 0.15) is 12.0 Å². The minimum atomic E-state index is 0.772. The summed E-state index contributed by atoms with van der Waals surface area (Å²) in [6.07, 6.45) is 2.17. The van der Waals surface area contributed by atoms with Gasteiger partial charge in [0.2, 0.25) is 0 Å². The summed E-state index contributed by atoms with van der Waals surface area (Å²) in [5, 5.41) is 3.62. The zero-order chi connectivity index (χ0) is 9.97. The molecule has 0 aliphatic carbocycles. The molecule has 1 aromatic carbocycles. The second-order valence-corrected chi connectivity index (χ2v) is 5.12. The van der Waals surface area contributed by atoms with Crippen LogP contribution < -0.4 is 5.73 Å². The molecule has 0 unspecified atom stereocenters. The molecular weight excluding hydrogens is 258 g/mol. The zero-order valence-electron chi connectivity index (χ0n) is 7.79. The summed E-state index contributed by atoms with van der Waals surface area (Å²) in [5.74, 6) is 0. The van der Waals surface area contributed by atoms with Gasteiger partial charge in [-0.1, -0.05) is 22.0 Å². The van der Waals surface area contributed by atoms with Gasteiger partial charge in [0.25, 0.3) is 0 Å². The third-order valence-electron chi connectivity index (χ3n) is 2.27. The number of rotatable bonds is 3. The first-order valence-corrected chi connectivity index (χ1v) is 6.34. The van der Waals surface area contributed by atoms with E-state index in [9.17, 15) is 0 Å². The summed E-state index contributed by atoms with van der Waals surface area (Å²) >= 11 is 5.29. The van der Waals surface area contributed by atoms with Crippen molar-refractivity contribution in [1.82, 2.24) is 0 Å². The minimum absolute atomic E-state index is 0.772. The van der Waals surface area contributed by atoms with Crippen molar-refractivity contribution in [1.29, 1.82) is 0 Å². The van der Waals surface area contributed by atoms with Crippen molar-refractivity contribution >= 4 is 37.4 Å². The van der Waals surface area contributed by atoms with Crippen LogP contribution in [0.5, 0.6) is 0 Å². The molecule has 0 spiro atoms. The number of hydrogen-bond donors (Lipinski definition) is 1. The lowest BCUT2D eigenvalue weighted by Gasteiger charge is -1.97. The van der Waals surface area contributed by atoms with E-state index in [1.165, 1.54) is 15.6 Å². The maximum Gasteiger partial charge on any atom is 0.0356 e. The number of nitrogens with two attached hydrogens (primary N) is 1. The molecule has 0 saturated carbocycles. The van der Waals surface area contributed by atoms with Gasteiger partial charge < -0.3 is 5.73 Å². The number of aryl methyl sites for hydroxylation is 1. The lowest BCUT2D eigenvalue weighted by atomic mass is 10.1. The number of benzene rings is 1. The molecule has 0 aliphatic heterocycles. The summed E-state index contributed by atoms with van der Waals surface area (Å²) in [7, 11) is 0. The lowest BCUT2D eigenvalue weighted by Crippen LogP contribution is -1.99. The van der Waals surface area contributed by atoms with Gasteiger partial charge >= 0.3 is 0 Å². The summed E-state index contributed by atoms with van der Waals surface area (Å²) in [6, 6.07) is 6.45. The number of fused-ring (bicyclic) bond motifs is 1. The second kappa shape index (κ2) is 4.43. The Morgan fingerprint density at radius 3 is 3.00 bits per heavy atom. The Morgan fingerprint density at radius 2 is 2.21 bits per heavy atom. The number of thiophene rings is 1. The van der Waals surface area contributed by atoms with Crippen LogP contribution in [0, 0.1) is 0 Å². The van der Waals surface area contributed by atoms with Crippen LogP contribution in [0.4, 0.5) is 0 Å². The Kier molecular flexibility index (Phi) is 3.21. The highest BCUT2D eigenvalue weighted by molar-refractivity contribution is 9.10. The smallest absolute Gasteiger partial charge is 0.0356 e. The van der Waals surface area contributed by atoms with Gasteiger partial charge in [-0.3, -0.25) is 0 Å². The predicted octanol–water partition coefficient (Wildman–Crippen LogP) is 3.56. The highest BCUT2D eigenvalue weighted by Gasteiger charge is 2.03. The molecule has 0 radical (unpaired) electrons. The van der Waals surface area contributed by atoms with Gasteiger partial charge in [0.1, 0.15) is 0 Å². The molecule has 0 saturated heterocycles. The molecule has 1 aromatic heterocycles. The Labute approximate surface area is 96.1 Å². The van der Waals surface area contributed by atoms with Crippen molar-refractivity contribution in [3.63, 3.8) is 0 Å². The van der Waals surface area contributed by atoms with E-state index in [1.54, 1.807) is 0 Å². The summed E-state index contributed by atoms with van der Waals surface area (Å²) in [4.78, 5) is 0. The Bertz CT molecular complexity index is 436. The fourth-order valence-corrected chi connectivity index (χ4v) is 3.09. The molecule has 0 amide bonds. The Balaban J connectivity index is 2.37. The van der Waals surface area contributed by atoms with Crippen LogP contribution in [-0.4, -0.2) is 6.54 Å². The van der Waals surface area contributed by atoms with E-state index in [1.807, 2.05) is 11.3 Å². The highest BCUT2D eigenvalue weighted by Crippen LogP contribution is 2.29. The Hall–Kier alpha value is -0.380. The van der Waals surface area contributed by atoms with E-state index in [-0.39, 0.29) is 0 Å². The quantitative estimate of drug-likeness (QED) is 0.906. The third-order valence-corrected chi connectivity index (χ3v) is 3.76. The van der Waals surface area contributed by atoms with Crippen LogP contribution in [0.3, 0.4) is 0 Å². The van der Waals surface area contributed by atoms with Crippen LogP contribution in [0.25, 0.3) is 10.1 Å². The fraction of sp³-hybridized carbons (Fsp3) is 0.273. The van der Waals surface area contributed by atoms with Gasteiger partial charge in [0.05, 0.1) is 0 Å². The predicted molar refractivity (Wildman–Crippen MR) is 66.9 cm³/mol. The summed E-state index contributed by atoms with van der Waals surface area (Å²) in [5.41, 5.74) is 6.94. The normalized spacial score (nSPS) is 11.0. The van der Waals surface area contributed by atoms with Crippen molar-refractivity contribution in [2.75, 3.05) is 6.54 Å². The largest absolute Gasteiger partial charge is 0.330 e. The maximum atomic E-state index is 5.51. The molecule has 1 nitrogen and oxygen atoms in total. The first kappa shape index (κ1) is 10.1. The average Bonchev–Trinajstić information content (AvgIpc) is 2.57. The van der Waals surface area contributed by atoms with Crippen LogP contribution >= 0.6 is 27.3 Å². The maximum absolute atomic E-state index is 5.51. The molecule has 74 valence electrons. The van der Waals surface area contributed by atoms with Gasteiger partial charge in [-0.2, -0.15) is 0 Å². The topological polar surface area (TPSA) is 26.0 Å². The van der Waals surface area contributed by atoms with E-state index in [0.717, 1.165) is 23.9 Å². The van der Waals surface area contributed by atoms with Gasteiger partial charge in [0, 0.05) is 9.17 Å². The van der Waals surface area contributed by atoms with Crippen molar-refractivity contribution in [3.05, 3.63) is 33.6 Å². The molecule has 2 N–H and O–H groups in total. The zero-order valence-corrected chi connectivity index (χ0v) is 10.2. The molecule has 2 rings (SSSR count). The number of halogens is 1. The molecule has 0 atom stereocenters. The summed E-state index contributed by atoms with van der Waals surface area (Å²) < 4.78 is 2.50. The van der Waals surface area contributed by atoms with Gasteiger partial charge in [-0.15, -0.1) is 11.3 Å². The monoisotopic (exact) mass is 269 g/mol. The van der Waals surface area contributed by atoms with E-state index in [2.05, 4.69) is 39.5 Å². The van der Waals surface area contributed by atoms with E-state index in [0.29, 0.717) is 0 Å². The molecule has 0 fully saturated rings. The molecule has 2 aromatic rings.